The van der Waals surface area contributed by atoms with E-state index in [1.807, 2.05) is 25.1 Å². The molecule has 0 bridgehead atoms. The van der Waals surface area contributed by atoms with Gasteiger partial charge in [0.25, 0.3) is 0 Å². The first-order chi connectivity index (χ1) is 17.6. The Hall–Kier alpha value is -3.11. The van der Waals surface area contributed by atoms with Crippen LogP contribution < -0.4 is 4.90 Å². The van der Waals surface area contributed by atoms with Crippen LogP contribution in [0.2, 0.25) is 0 Å². The van der Waals surface area contributed by atoms with Crippen molar-refractivity contribution in [1.82, 2.24) is 4.90 Å². The molecule has 1 aliphatic heterocycles. The highest BCUT2D eigenvalue weighted by Crippen LogP contribution is 2.35. The van der Waals surface area contributed by atoms with Gasteiger partial charge in [-0.25, -0.2) is 0 Å². The van der Waals surface area contributed by atoms with E-state index in [0.717, 1.165) is 57.5 Å². The number of anilines is 1. The van der Waals surface area contributed by atoms with Crippen LogP contribution in [0.1, 0.15) is 44.2 Å². The molecule has 0 radical (unpaired) electrons. The Labute approximate surface area is 216 Å². The summed E-state index contributed by atoms with van der Waals surface area (Å²) < 4.78 is 5.55. The molecule has 1 unspecified atom stereocenters. The maximum absolute atomic E-state index is 13.1. The van der Waals surface area contributed by atoms with Crippen LogP contribution in [0.4, 0.5) is 5.69 Å². The first-order valence-corrected chi connectivity index (χ1v) is 13.4. The van der Waals surface area contributed by atoms with Crippen LogP contribution in [-0.2, 0) is 14.9 Å². The van der Waals surface area contributed by atoms with E-state index in [1.54, 1.807) is 0 Å². The number of rotatable bonds is 10. The number of hydrogen-bond acceptors (Lipinski definition) is 4. The minimum absolute atomic E-state index is 0.0861. The highest BCUT2D eigenvalue weighted by Gasteiger charge is 2.39. The minimum atomic E-state index is -0.560. The molecule has 190 valence electrons. The van der Waals surface area contributed by atoms with Crippen molar-refractivity contribution in [3.63, 3.8) is 0 Å². The standard InChI is InChI=1S/C32H40N2O2/c1-4-32(31(35)36-5-2,28-15-7-6-8-16-28)19-12-20-33-21-23-34(24-22-33)29-17-11-14-27(25-29)30-18-10-9-13-26(30)3/h6-11,13-18,25H,4-5,12,19-24H2,1-3H3. The highest BCUT2D eigenvalue weighted by atomic mass is 16.5. The predicted molar refractivity (Wildman–Crippen MR) is 150 cm³/mol. The molecule has 1 saturated heterocycles. The molecule has 1 heterocycles. The number of hydrogen-bond donors (Lipinski definition) is 0. The summed E-state index contributed by atoms with van der Waals surface area (Å²) in [5, 5.41) is 0. The van der Waals surface area contributed by atoms with Crippen LogP contribution in [0.15, 0.2) is 78.9 Å². The Morgan fingerprint density at radius 2 is 1.61 bits per heavy atom. The fourth-order valence-electron chi connectivity index (χ4n) is 5.52. The van der Waals surface area contributed by atoms with E-state index < -0.39 is 5.41 Å². The molecular weight excluding hydrogens is 444 g/mol. The summed E-state index contributed by atoms with van der Waals surface area (Å²) in [4.78, 5) is 18.1. The Morgan fingerprint density at radius 1 is 0.889 bits per heavy atom. The highest BCUT2D eigenvalue weighted by molar-refractivity contribution is 5.83. The zero-order valence-corrected chi connectivity index (χ0v) is 22.1. The Kier molecular flexibility index (Phi) is 8.82. The number of piperazine rings is 1. The van der Waals surface area contributed by atoms with E-state index >= 15 is 0 Å². The first-order valence-electron chi connectivity index (χ1n) is 13.4. The van der Waals surface area contributed by atoms with E-state index in [9.17, 15) is 4.79 Å². The van der Waals surface area contributed by atoms with Crippen molar-refractivity contribution in [2.45, 2.75) is 45.4 Å². The second-order valence-electron chi connectivity index (χ2n) is 9.82. The summed E-state index contributed by atoms with van der Waals surface area (Å²) in [5.74, 6) is -0.0861. The molecule has 1 fully saturated rings. The largest absolute Gasteiger partial charge is 0.465 e. The van der Waals surface area contributed by atoms with Crippen molar-refractivity contribution in [3.05, 3.63) is 90.0 Å². The molecule has 36 heavy (non-hydrogen) atoms. The quantitative estimate of drug-likeness (QED) is 0.309. The third-order valence-electron chi connectivity index (χ3n) is 7.71. The lowest BCUT2D eigenvalue weighted by Crippen LogP contribution is -2.47. The average molecular weight is 485 g/mol. The molecule has 0 spiro atoms. The molecule has 0 aliphatic carbocycles. The SMILES string of the molecule is CCOC(=O)C(CC)(CCCN1CCN(c2cccc(-c3ccccc3C)c2)CC1)c1ccccc1. The predicted octanol–water partition coefficient (Wildman–Crippen LogP) is 6.48. The van der Waals surface area contributed by atoms with Crippen molar-refractivity contribution < 1.29 is 9.53 Å². The lowest BCUT2D eigenvalue weighted by molar-refractivity contribution is -0.150. The molecule has 4 rings (SSSR count). The number of ether oxygens (including phenoxy) is 1. The number of carbonyl (C=O) groups excluding carboxylic acids is 1. The van der Waals surface area contributed by atoms with Crippen LogP contribution in [-0.4, -0.2) is 50.2 Å². The summed E-state index contributed by atoms with van der Waals surface area (Å²) >= 11 is 0. The normalized spacial score (nSPS) is 15.9. The second kappa shape index (κ2) is 12.2. The molecule has 1 aliphatic rings. The van der Waals surface area contributed by atoms with Gasteiger partial charge in [-0.1, -0.05) is 73.7 Å². The van der Waals surface area contributed by atoms with Crippen molar-refractivity contribution in [1.29, 1.82) is 0 Å². The monoisotopic (exact) mass is 484 g/mol. The van der Waals surface area contributed by atoms with Crippen LogP contribution >= 0.6 is 0 Å². The number of benzene rings is 3. The minimum Gasteiger partial charge on any atom is -0.465 e. The van der Waals surface area contributed by atoms with Crippen molar-refractivity contribution in [3.8, 4) is 11.1 Å². The average Bonchev–Trinajstić information content (AvgIpc) is 2.92. The van der Waals surface area contributed by atoms with Gasteiger partial charge in [0.2, 0.25) is 0 Å². The van der Waals surface area contributed by atoms with E-state index in [4.69, 9.17) is 4.74 Å². The third-order valence-corrected chi connectivity index (χ3v) is 7.71. The van der Waals surface area contributed by atoms with E-state index in [0.29, 0.717) is 6.61 Å². The van der Waals surface area contributed by atoms with E-state index in [1.165, 1.54) is 22.4 Å². The second-order valence-corrected chi connectivity index (χ2v) is 9.82. The van der Waals surface area contributed by atoms with Crippen LogP contribution in [0.3, 0.4) is 0 Å². The van der Waals surface area contributed by atoms with Gasteiger partial charge in [0.1, 0.15) is 0 Å². The van der Waals surface area contributed by atoms with Gasteiger partial charge in [-0.2, -0.15) is 0 Å². The lowest BCUT2D eigenvalue weighted by Gasteiger charge is -2.37. The lowest BCUT2D eigenvalue weighted by atomic mass is 9.74. The topological polar surface area (TPSA) is 32.8 Å². The summed E-state index contributed by atoms with van der Waals surface area (Å²) in [7, 11) is 0. The van der Waals surface area contributed by atoms with E-state index in [2.05, 4.69) is 84.3 Å². The molecule has 4 nitrogen and oxygen atoms in total. The van der Waals surface area contributed by atoms with Crippen molar-refractivity contribution in [2.24, 2.45) is 0 Å². The van der Waals surface area contributed by atoms with E-state index in [-0.39, 0.29) is 5.97 Å². The van der Waals surface area contributed by atoms with Gasteiger partial charge in [0.05, 0.1) is 12.0 Å². The number of aryl methyl sites for hydroxylation is 1. The maximum Gasteiger partial charge on any atom is 0.316 e. The Balaban J connectivity index is 1.35. The van der Waals surface area contributed by atoms with Crippen molar-refractivity contribution >= 4 is 11.7 Å². The fourth-order valence-corrected chi connectivity index (χ4v) is 5.52. The fraction of sp³-hybridized carbons (Fsp3) is 0.406. The Bertz CT molecular complexity index is 1120. The molecule has 3 aromatic rings. The number of nitrogens with zero attached hydrogens (tertiary/aromatic N) is 2. The van der Waals surface area contributed by atoms with Gasteiger partial charge >= 0.3 is 5.97 Å². The zero-order chi connectivity index (χ0) is 25.4. The smallest absolute Gasteiger partial charge is 0.316 e. The molecular formula is C32H40N2O2. The molecule has 0 aromatic heterocycles. The van der Waals surface area contributed by atoms with Gasteiger partial charge in [0, 0.05) is 31.9 Å². The summed E-state index contributed by atoms with van der Waals surface area (Å²) in [5.41, 5.74) is 5.70. The van der Waals surface area contributed by atoms with Crippen LogP contribution in [0.5, 0.6) is 0 Å². The van der Waals surface area contributed by atoms with Crippen LogP contribution in [0.25, 0.3) is 11.1 Å². The van der Waals surface area contributed by atoms with Crippen LogP contribution in [0, 0.1) is 6.92 Å². The Morgan fingerprint density at radius 3 is 2.31 bits per heavy atom. The maximum atomic E-state index is 13.1. The molecule has 0 N–H and O–H groups in total. The van der Waals surface area contributed by atoms with Gasteiger partial charge in [-0.3, -0.25) is 9.69 Å². The summed E-state index contributed by atoms with van der Waals surface area (Å²) in [6.45, 7) is 11.7. The molecule has 4 heteroatoms. The number of carbonyl (C=O) groups is 1. The molecule has 0 amide bonds. The summed E-state index contributed by atoms with van der Waals surface area (Å²) in [6.07, 6.45) is 2.54. The summed E-state index contributed by atoms with van der Waals surface area (Å²) in [6, 6.07) is 27.7. The van der Waals surface area contributed by atoms with Gasteiger partial charge in [-0.05, 0) is 74.0 Å². The molecule has 3 aromatic carbocycles. The van der Waals surface area contributed by atoms with Gasteiger partial charge in [0.15, 0.2) is 0 Å². The molecule has 1 atom stereocenters. The first kappa shape index (κ1) is 26.0. The third kappa shape index (κ3) is 5.82. The van der Waals surface area contributed by atoms with Gasteiger partial charge in [-0.15, -0.1) is 0 Å². The number of esters is 1. The van der Waals surface area contributed by atoms with Crippen molar-refractivity contribution in [2.75, 3.05) is 44.2 Å². The zero-order valence-electron chi connectivity index (χ0n) is 22.1. The van der Waals surface area contributed by atoms with Gasteiger partial charge < -0.3 is 9.64 Å². The molecule has 0 saturated carbocycles.